The van der Waals surface area contributed by atoms with E-state index < -0.39 is 0 Å². The normalized spacial score (nSPS) is 8.94. The second kappa shape index (κ2) is 6.73. The van der Waals surface area contributed by atoms with Crippen molar-refractivity contribution < 1.29 is 9.90 Å². The summed E-state index contributed by atoms with van der Waals surface area (Å²) in [5.41, 5.74) is 0.974. The molecule has 0 amide bonds. The second-order valence-corrected chi connectivity index (χ2v) is 4.59. The van der Waals surface area contributed by atoms with Gasteiger partial charge >= 0.3 is 0 Å². The molecule has 2 aromatic rings. The monoisotopic (exact) mass is 267 g/mol. The Bertz CT molecular complexity index is 548. The molecule has 1 heterocycles. The minimum absolute atomic E-state index is 0.250. The van der Waals surface area contributed by atoms with Gasteiger partial charge in [0.15, 0.2) is 5.13 Å². The summed E-state index contributed by atoms with van der Waals surface area (Å²) in [7, 11) is 1.85. The molecule has 5 nitrogen and oxygen atoms in total. The van der Waals surface area contributed by atoms with E-state index in [9.17, 15) is 0 Å². The smallest absolute Gasteiger partial charge is 0.290 e. The average Bonchev–Trinajstić information content (AvgIpc) is 2.72. The predicted molar refractivity (Wildman–Crippen MR) is 69.3 cm³/mol. The Morgan fingerprint density at radius 3 is 2.94 bits per heavy atom. The molecule has 7 heteroatoms. The van der Waals surface area contributed by atoms with Crippen LogP contribution in [0.15, 0.2) is 23.1 Å². The van der Waals surface area contributed by atoms with Gasteiger partial charge in [-0.15, -0.1) is 0 Å². The molecule has 0 atom stereocenters. The lowest BCUT2D eigenvalue weighted by atomic mass is 10.3. The fourth-order valence-corrected chi connectivity index (χ4v) is 2.48. The molecule has 1 aromatic heterocycles. The number of thiazole rings is 1. The third kappa shape index (κ3) is 3.62. The summed E-state index contributed by atoms with van der Waals surface area (Å²) in [6, 6.07) is 5.84. The zero-order valence-corrected chi connectivity index (χ0v) is 10.5. The number of carbonyl (C=O) groups is 1. The van der Waals surface area contributed by atoms with Crippen molar-refractivity contribution in [3.8, 4) is 5.40 Å². The van der Waals surface area contributed by atoms with E-state index in [1.54, 1.807) is 11.3 Å². The number of rotatable bonds is 2. The van der Waals surface area contributed by atoms with E-state index in [-0.39, 0.29) is 6.47 Å². The lowest BCUT2D eigenvalue weighted by molar-refractivity contribution is -0.122. The number of hydrogen-bond acceptors (Lipinski definition) is 6. The highest BCUT2D eigenvalue weighted by Gasteiger charge is 2.03. The van der Waals surface area contributed by atoms with Crippen molar-refractivity contribution in [2.75, 3.05) is 12.4 Å². The number of fused-ring (bicyclic) bond motifs is 1. The van der Waals surface area contributed by atoms with Crippen LogP contribution >= 0.6 is 23.1 Å². The molecule has 2 rings (SSSR count). The third-order valence-electron chi connectivity index (χ3n) is 1.74. The first-order valence-electron chi connectivity index (χ1n) is 4.47. The number of hydrogen-bond donors (Lipinski definition) is 2. The summed E-state index contributed by atoms with van der Waals surface area (Å²) in [5.74, 6) is 0. The number of aromatic nitrogens is 1. The van der Waals surface area contributed by atoms with E-state index in [0.29, 0.717) is 0 Å². The van der Waals surface area contributed by atoms with Gasteiger partial charge in [0.25, 0.3) is 6.47 Å². The molecule has 17 heavy (non-hydrogen) atoms. The van der Waals surface area contributed by atoms with Crippen LogP contribution < -0.4 is 5.32 Å². The van der Waals surface area contributed by atoms with Gasteiger partial charge in [0.2, 0.25) is 0 Å². The molecule has 0 spiro atoms. The van der Waals surface area contributed by atoms with Crippen LogP contribution in [0.2, 0.25) is 0 Å². The second-order valence-electron chi connectivity index (χ2n) is 2.70. The Morgan fingerprint density at radius 2 is 2.35 bits per heavy atom. The number of nitriles is 1. The Kier molecular flexibility index (Phi) is 5.26. The average molecular weight is 267 g/mol. The van der Waals surface area contributed by atoms with Crippen LogP contribution in [0.4, 0.5) is 5.13 Å². The van der Waals surface area contributed by atoms with Crippen molar-refractivity contribution in [3.05, 3.63) is 18.2 Å². The van der Waals surface area contributed by atoms with E-state index in [0.717, 1.165) is 20.2 Å². The van der Waals surface area contributed by atoms with Gasteiger partial charge in [-0.3, -0.25) is 4.79 Å². The lowest BCUT2D eigenvalue weighted by Gasteiger charge is -1.91. The number of carboxylic acid groups (broad SMARTS) is 1. The van der Waals surface area contributed by atoms with Crippen molar-refractivity contribution in [3.63, 3.8) is 0 Å². The number of nitrogens with zero attached hydrogens (tertiary/aromatic N) is 2. The van der Waals surface area contributed by atoms with Gasteiger partial charge in [-0.1, -0.05) is 11.3 Å². The van der Waals surface area contributed by atoms with Gasteiger partial charge < -0.3 is 10.4 Å². The first-order valence-corrected chi connectivity index (χ1v) is 6.10. The molecule has 0 radical (unpaired) electrons. The summed E-state index contributed by atoms with van der Waals surface area (Å²) < 4.78 is 1.11. The molecular weight excluding hydrogens is 258 g/mol. The zero-order valence-electron chi connectivity index (χ0n) is 8.88. The van der Waals surface area contributed by atoms with Crippen LogP contribution in [-0.2, 0) is 4.79 Å². The highest BCUT2D eigenvalue weighted by atomic mass is 32.2. The van der Waals surface area contributed by atoms with Crippen molar-refractivity contribution >= 4 is 44.9 Å². The van der Waals surface area contributed by atoms with Crippen molar-refractivity contribution in [1.29, 1.82) is 5.26 Å². The number of nitrogens with one attached hydrogen (secondary N) is 1. The maximum Gasteiger partial charge on any atom is 0.290 e. The van der Waals surface area contributed by atoms with Gasteiger partial charge in [0.1, 0.15) is 5.40 Å². The first kappa shape index (κ1) is 13.3. The summed E-state index contributed by atoms with van der Waals surface area (Å²) >= 11 is 2.76. The van der Waals surface area contributed by atoms with Gasteiger partial charge in [-0.05, 0) is 30.0 Å². The van der Waals surface area contributed by atoms with E-state index in [1.807, 2.05) is 25.2 Å². The minimum atomic E-state index is -0.250. The lowest BCUT2D eigenvalue weighted by Crippen LogP contribution is -1.83. The first-order chi connectivity index (χ1) is 8.24. The predicted octanol–water partition coefficient (Wildman–Crippen LogP) is 2.61. The molecular formula is C10H9N3O2S2. The van der Waals surface area contributed by atoms with E-state index in [1.165, 1.54) is 11.8 Å². The number of benzene rings is 1. The third-order valence-corrected chi connectivity index (χ3v) is 3.35. The number of thiocyanates is 1. The van der Waals surface area contributed by atoms with Crippen LogP contribution in [0.1, 0.15) is 0 Å². The molecule has 88 valence electrons. The molecule has 0 bridgehead atoms. The molecule has 0 aliphatic rings. The zero-order chi connectivity index (χ0) is 12.7. The van der Waals surface area contributed by atoms with Gasteiger partial charge in [0, 0.05) is 11.9 Å². The van der Waals surface area contributed by atoms with Crippen LogP contribution in [0, 0.1) is 10.7 Å². The van der Waals surface area contributed by atoms with E-state index in [2.05, 4.69) is 15.7 Å². The maximum atomic E-state index is 8.53. The highest BCUT2D eigenvalue weighted by molar-refractivity contribution is 8.03. The van der Waals surface area contributed by atoms with Crippen LogP contribution in [0.3, 0.4) is 0 Å². The minimum Gasteiger partial charge on any atom is -0.483 e. The fraction of sp³-hybridized carbons (Fsp3) is 0.100. The van der Waals surface area contributed by atoms with Crippen LogP contribution in [0.5, 0.6) is 0 Å². The maximum absolute atomic E-state index is 8.53. The Hall–Kier alpha value is -1.78. The topological polar surface area (TPSA) is 86.0 Å². The summed E-state index contributed by atoms with van der Waals surface area (Å²) in [5, 5.41) is 21.4. The van der Waals surface area contributed by atoms with Gasteiger partial charge in [-0.2, -0.15) is 5.26 Å². The largest absolute Gasteiger partial charge is 0.483 e. The standard InChI is InChI=1S/C9H7N3S2.CH2O2/c1-11-9-12-7-3-2-6(13-5-10)4-8(7)14-9;2-1-3/h2-4H,1H3,(H,11,12);1H,(H,2,3). The highest BCUT2D eigenvalue weighted by Crippen LogP contribution is 2.29. The SMILES string of the molecule is CNc1nc2ccc(SC#N)cc2s1.O=CO. The Balaban J connectivity index is 0.000000437. The van der Waals surface area contributed by atoms with Crippen molar-refractivity contribution in [2.24, 2.45) is 0 Å². The van der Waals surface area contributed by atoms with Gasteiger partial charge in [0.05, 0.1) is 10.2 Å². The molecule has 2 N–H and O–H groups in total. The summed E-state index contributed by atoms with van der Waals surface area (Å²) in [6.07, 6.45) is 0. The Labute approximate surface area is 106 Å². The molecule has 1 aromatic carbocycles. The van der Waals surface area contributed by atoms with Crippen LogP contribution in [0.25, 0.3) is 10.2 Å². The molecule has 0 saturated heterocycles. The molecule has 0 fully saturated rings. The quantitative estimate of drug-likeness (QED) is 0.494. The molecule has 0 aliphatic heterocycles. The van der Waals surface area contributed by atoms with Gasteiger partial charge in [-0.25, -0.2) is 4.98 Å². The van der Waals surface area contributed by atoms with Crippen LogP contribution in [-0.4, -0.2) is 23.6 Å². The summed E-state index contributed by atoms with van der Waals surface area (Å²) in [4.78, 5) is 13.7. The van der Waals surface area contributed by atoms with Crippen molar-refractivity contribution in [2.45, 2.75) is 4.90 Å². The number of thioether (sulfide) groups is 1. The summed E-state index contributed by atoms with van der Waals surface area (Å²) in [6.45, 7) is -0.250. The molecule has 0 saturated carbocycles. The fourth-order valence-electron chi connectivity index (χ4n) is 1.13. The number of anilines is 1. The molecule has 0 aliphatic carbocycles. The van der Waals surface area contributed by atoms with E-state index in [4.69, 9.17) is 15.2 Å². The Morgan fingerprint density at radius 1 is 1.65 bits per heavy atom. The van der Waals surface area contributed by atoms with E-state index >= 15 is 0 Å². The van der Waals surface area contributed by atoms with Crippen molar-refractivity contribution in [1.82, 2.24) is 4.98 Å². The molecule has 0 unspecified atom stereocenters.